The SMILES string of the molecule is CC[C@@H](C(=O)NC(C)C)N(Cc1ccccc1C)C(=O)CN(c1ccc(OC)c(Cl)c1)S(=O)(=O)c1ccc(C)cc1. The number of methoxy groups -OCH3 is 1. The van der Waals surface area contributed by atoms with Crippen molar-refractivity contribution < 1.29 is 22.7 Å². The summed E-state index contributed by atoms with van der Waals surface area (Å²) in [7, 11) is -2.74. The van der Waals surface area contributed by atoms with Crippen molar-refractivity contribution in [3.05, 3.63) is 88.4 Å². The number of rotatable bonds is 12. The second-order valence-corrected chi connectivity index (χ2v) is 12.4. The largest absolute Gasteiger partial charge is 0.495 e. The van der Waals surface area contributed by atoms with Gasteiger partial charge in [-0.25, -0.2) is 8.42 Å². The van der Waals surface area contributed by atoms with Crippen LogP contribution in [-0.2, 0) is 26.2 Å². The summed E-state index contributed by atoms with van der Waals surface area (Å²) >= 11 is 6.38. The number of nitrogens with zero attached hydrogens (tertiary/aromatic N) is 2. The predicted octanol–water partition coefficient (Wildman–Crippen LogP) is 5.49. The van der Waals surface area contributed by atoms with Gasteiger partial charge in [0.1, 0.15) is 18.3 Å². The number of amides is 2. The van der Waals surface area contributed by atoms with E-state index in [2.05, 4.69) is 5.32 Å². The summed E-state index contributed by atoms with van der Waals surface area (Å²) < 4.78 is 34.3. The van der Waals surface area contributed by atoms with E-state index in [1.54, 1.807) is 18.2 Å². The van der Waals surface area contributed by atoms with Crippen molar-refractivity contribution in [3.8, 4) is 5.75 Å². The van der Waals surface area contributed by atoms with Crippen LogP contribution in [0.15, 0.2) is 71.6 Å². The van der Waals surface area contributed by atoms with E-state index in [-0.39, 0.29) is 34.1 Å². The molecule has 0 bridgehead atoms. The maximum Gasteiger partial charge on any atom is 0.264 e. The van der Waals surface area contributed by atoms with Gasteiger partial charge < -0.3 is 15.0 Å². The van der Waals surface area contributed by atoms with Gasteiger partial charge in [0.15, 0.2) is 0 Å². The highest BCUT2D eigenvalue weighted by Gasteiger charge is 2.34. The third kappa shape index (κ3) is 7.80. The van der Waals surface area contributed by atoms with Crippen molar-refractivity contribution in [1.82, 2.24) is 10.2 Å². The predicted molar refractivity (Wildman–Crippen MR) is 163 cm³/mol. The molecule has 220 valence electrons. The molecule has 0 aliphatic carbocycles. The summed E-state index contributed by atoms with van der Waals surface area (Å²) in [6.45, 7) is 8.90. The van der Waals surface area contributed by atoms with Crippen LogP contribution in [0.5, 0.6) is 5.75 Å². The summed E-state index contributed by atoms with van der Waals surface area (Å²) in [5, 5.41) is 3.10. The highest BCUT2D eigenvalue weighted by Crippen LogP contribution is 2.32. The highest BCUT2D eigenvalue weighted by atomic mass is 35.5. The average Bonchev–Trinajstić information content (AvgIpc) is 2.92. The van der Waals surface area contributed by atoms with E-state index in [1.165, 1.54) is 36.3 Å². The molecule has 0 aliphatic rings. The van der Waals surface area contributed by atoms with Gasteiger partial charge in [0.25, 0.3) is 10.0 Å². The molecular weight excluding hydrogens is 562 g/mol. The number of benzene rings is 3. The molecule has 0 spiro atoms. The molecule has 1 atom stereocenters. The molecule has 0 aromatic heterocycles. The Labute approximate surface area is 248 Å². The Kier molecular flexibility index (Phi) is 10.8. The zero-order chi connectivity index (χ0) is 30.3. The van der Waals surface area contributed by atoms with Crippen molar-refractivity contribution in [2.24, 2.45) is 0 Å². The Balaban J connectivity index is 2.11. The van der Waals surface area contributed by atoms with E-state index in [0.717, 1.165) is 21.0 Å². The van der Waals surface area contributed by atoms with E-state index < -0.39 is 28.5 Å². The highest BCUT2D eigenvalue weighted by molar-refractivity contribution is 7.92. The minimum Gasteiger partial charge on any atom is -0.495 e. The van der Waals surface area contributed by atoms with Gasteiger partial charge in [-0.3, -0.25) is 13.9 Å². The number of halogens is 1. The van der Waals surface area contributed by atoms with Gasteiger partial charge in [-0.15, -0.1) is 0 Å². The number of anilines is 1. The minimum absolute atomic E-state index is 0.0258. The molecule has 0 unspecified atom stereocenters. The molecule has 3 rings (SSSR count). The van der Waals surface area contributed by atoms with Gasteiger partial charge in [0.2, 0.25) is 11.8 Å². The maximum atomic E-state index is 14.2. The lowest BCUT2D eigenvalue weighted by molar-refractivity contribution is -0.140. The molecule has 8 nitrogen and oxygen atoms in total. The van der Waals surface area contributed by atoms with Crippen molar-refractivity contribution in [1.29, 1.82) is 0 Å². The lowest BCUT2D eigenvalue weighted by Gasteiger charge is -2.34. The molecule has 41 heavy (non-hydrogen) atoms. The number of ether oxygens (including phenoxy) is 1. The third-order valence-corrected chi connectivity index (χ3v) is 8.81. The van der Waals surface area contributed by atoms with Gasteiger partial charge in [0, 0.05) is 12.6 Å². The Morgan fingerprint density at radius 2 is 1.66 bits per heavy atom. The van der Waals surface area contributed by atoms with Crippen LogP contribution >= 0.6 is 11.6 Å². The summed E-state index contributed by atoms with van der Waals surface area (Å²) in [6, 6.07) is 17.6. The van der Waals surface area contributed by atoms with E-state index in [1.807, 2.05) is 58.9 Å². The fourth-order valence-corrected chi connectivity index (χ4v) is 6.11. The zero-order valence-corrected chi connectivity index (χ0v) is 25.9. The normalized spacial score (nSPS) is 12.1. The quantitative estimate of drug-likeness (QED) is 0.297. The zero-order valence-electron chi connectivity index (χ0n) is 24.3. The standard InChI is InChI=1S/C31H38ClN3O5S/c1-7-28(31(37)33-21(2)3)34(19-24-11-9-8-10-23(24)5)30(36)20-35(25-14-17-29(40-6)27(32)18-25)41(38,39)26-15-12-22(4)13-16-26/h8-18,21,28H,7,19-20H2,1-6H3,(H,33,37)/t28-/m0/s1. The lowest BCUT2D eigenvalue weighted by atomic mass is 10.1. The molecule has 0 fully saturated rings. The first-order chi connectivity index (χ1) is 19.4. The van der Waals surface area contributed by atoms with Crippen LogP contribution in [0.25, 0.3) is 0 Å². The van der Waals surface area contributed by atoms with Gasteiger partial charge in [-0.05, 0) is 75.6 Å². The molecular formula is C31H38ClN3O5S. The maximum absolute atomic E-state index is 14.2. The molecule has 10 heteroatoms. The van der Waals surface area contributed by atoms with Crippen LogP contribution in [0.2, 0.25) is 5.02 Å². The van der Waals surface area contributed by atoms with Crippen molar-refractivity contribution in [2.75, 3.05) is 18.0 Å². The van der Waals surface area contributed by atoms with Gasteiger partial charge in [-0.2, -0.15) is 0 Å². The van der Waals surface area contributed by atoms with Crippen LogP contribution in [0.1, 0.15) is 43.9 Å². The van der Waals surface area contributed by atoms with Crippen LogP contribution in [-0.4, -0.2) is 50.9 Å². The Morgan fingerprint density at radius 1 is 1.00 bits per heavy atom. The first kappa shape index (κ1) is 32.0. The van der Waals surface area contributed by atoms with Gasteiger partial charge >= 0.3 is 0 Å². The molecule has 2 amide bonds. The van der Waals surface area contributed by atoms with E-state index in [0.29, 0.717) is 12.2 Å². The average molecular weight is 600 g/mol. The van der Waals surface area contributed by atoms with E-state index in [9.17, 15) is 18.0 Å². The summed E-state index contributed by atoms with van der Waals surface area (Å²) in [4.78, 5) is 28.9. The van der Waals surface area contributed by atoms with Crippen LogP contribution < -0.4 is 14.4 Å². The molecule has 3 aromatic carbocycles. The summed E-state index contributed by atoms with van der Waals surface area (Å²) in [6.07, 6.45) is 0.343. The first-order valence-electron chi connectivity index (χ1n) is 13.5. The Bertz CT molecular complexity index is 1480. The second-order valence-electron chi connectivity index (χ2n) is 10.2. The van der Waals surface area contributed by atoms with Gasteiger partial charge in [0.05, 0.1) is 22.7 Å². The molecule has 0 aliphatic heterocycles. The first-order valence-corrected chi connectivity index (χ1v) is 15.3. The molecule has 3 aromatic rings. The Hall–Kier alpha value is -3.56. The second kappa shape index (κ2) is 13.9. The van der Waals surface area contributed by atoms with Crippen LogP contribution in [0, 0.1) is 13.8 Å². The summed E-state index contributed by atoms with van der Waals surface area (Å²) in [5.74, 6) is -0.460. The van der Waals surface area contributed by atoms with E-state index >= 15 is 0 Å². The number of carbonyl (C=O) groups is 2. The fourth-order valence-electron chi connectivity index (χ4n) is 4.45. The Morgan fingerprint density at radius 3 is 2.22 bits per heavy atom. The molecule has 0 heterocycles. The summed E-state index contributed by atoms with van der Waals surface area (Å²) in [5.41, 5.74) is 2.90. The monoisotopic (exact) mass is 599 g/mol. The lowest BCUT2D eigenvalue weighted by Crippen LogP contribution is -2.53. The third-order valence-electron chi connectivity index (χ3n) is 6.73. The number of hydrogen-bond acceptors (Lipinski definition) is 5. The molecule has 0 radical (unpaired) electrons. The number of nitrogens with one attached hydrogen (secondary N) is 1. The van der Waals surface area contributed by atoms with Crippen molar-refractivity contribution in [2.45, 2.75) is 64.6 Å². The minimum atomic E-state index is -4.20. The molecule has 0 saturated heterocycles. The van der Waals surface area contributed by atoms with E-state index in [4.69, 9.17) is 16.3 Å². The van der Waals surface area contributed by atoms with Crippen molar-refractivity contribution >= 4 is 39.1 Å². The van der Waals surface area contributed by atoms with Crippen molar-refractivity contribution in [3.63, 3.8) is 0 Å². The smallest absolute Gasteiger partial charge is 0.264 e. The van der Waals surface area contributed by atoms with Crippen LogP contribution in [0.3, 0.4) is 0 Å². The number of carbonyl (C=O) groups excluding carboxylic acids is 2. The van der Waals surface area contributed by atoms with Crippen LogP contribution in [0.4, 0.5) is 5.69 Å². The number of aryl methyl sites for hydroxylation is 2. The number of hydrogen-bond donors (Lipinski definition) is 1. The number of sulfonamides is 1. The molecule has 1 N–H and O–H groups in total. The fraction of sp³-hybridized carbons (Fsp3) is 0.355. The topological polar surface area (TPSA) is 96.0 Å². The van der Waals surface area contributed by atoms with Gasteiger partial charge in [-0.1, -0.05) is 60.5 Å². The molecule has 0 saturated carbocycles.